The molecule has 0 atom stereocenters. The van der Waals surface area contributed by atoms with Gasteiger partial charge in [0.1, 0.15) is 13.2 Å². The molecule has 0 fully saturated rings. The minimum atomic E-state index is -3.81. The van der Waals surface area contributed by atoms with Crippen LogP contribution in [0.4, 0.5) is 11.4 Å². The van der Waals surface area contributed by atoms with E-state index in [9.17, 15) is 13.2 Å². The monoisotopic (exact) mass is 392 g/mol. The van der Waals surface area contributed by atoms with E-state index in [1.54, 1.807) is 24.3 Å². The number of amides is 1. The number of sulfonamides is 1. The molecule has 26 heavy (non-hydrogen) atoms. The van der Waals surface area contributed by atoms with Crippen molar-refractivity contribution in [3.05, 3.63) is 36.4 Å². The average Bonchev–Trinajstić information content (AvgIpc) is 2.81. The van der Waals surface area contributed by atoms with E-state index in [0.717, 1.165) is 4.90 Å². The minimum absolute atomic E-state index is 0.0777. The fourth-order valence-electron chi connectivity index (χ4n) is 2.69. The van der Waals surface area contributed by atoms with E-state index in [0.29, 0.717) is 48.3 Å². The van der Waals surface area contributed by atoms with Gasteiger partial charge in [-0.25, -0.2) is 8.42 Å². The van der Waals surface area contributed by atoms with Crippen molar-refractivity contribution in [2.24, 2.45) is 0 Å². The maximum Gasteiger partial charge on any atom is 0.261 e. The Labute approximate surface area is 155 Å². The lowest BCUT2D eigenvalue weighted by Gasteiger charge is -2.19. The highest BCUT2D eigenvalue weighted by atomic mass is 32.2. The second-order valence-corrected chi connectivity index (χ2v) is 8.59. The van der Waals surface area contributed by atoms with Crippen molar-refractivity contribution >= 4 is 39.1 Å². The number of carbonyl (C=O) groups is 1. The van der Waals surface area contributed by atoms with Crippen molar-refractivity contribution in [3.8, 4) is 11.5 Å². The standard InChI is InChI=1S/C17H16N2O5S2/c20-17-5-8-25-16-4-2-12(10-13(16)18-17)26(21,22)19-11-1-3-14-15(9-11)24-7-6-23-14/h1-4,9-10,19H,5-8H2,(H,18,20). The quantitative estimate of drug-likeness (QED) is 0.834. The zero-order valence-electron chi connectivity index (χ0n) is 13.7. The summed E-state index contributed by atoms with van der Waals surface area (Å²) in [7, 11) is -3.81. The first kappa shape index (κ1) is 17.0. The van der Waals surface area contributed by atoms with Gasteiger partial charge in [-0.2, -0.15) is 0 Å². The number of rotatable bonds is 3. The highest BCUT2D eigenvalue weighted by molar-refractivity contribution is 7.99. The van der Waals surface area contributed by atoms with E-state index < -0.39 is 10.0 Å². The van der Waals surface area contributed by atoms with E-state index in [4.69, 9.17) is 9.47 Å². The normalized spacial score (nSPS) is 16.2. The average molecular weight is 392 g/mol. The van der Waals surface area contributed by atoms with Gasteiger partial charge < -0.3 is 14.8 Å². The molecule has 2 aliphatic heterocycles. The molecular formula is C17H16N2O5S2. The molecule has 0 spiro atoms. The topological polar surface area (TPSA) is 93.7 Å². The van der Waals surface area contributed by atoms with Gasteiger partial charge in [0, 0.05) is 23.1 Å². The summed E-state index contributed by atoms with van der Waals surface area (Å²) in [5.74, 6) is 1.64. The van der Waals surface area contributed by atoms with Crippen LogP contribution >= 0.6 is 11.8 Å². The molecule has 0 radical (unpaired) electrons. The summed E-state index contributed by atoms with van der Waals surface area (Å²) in [5.41, 5.74) is 0.894. The molecule has 0 unspecified atom stereocenters. The van der Waals surface area contributed by atoms with Crippen LogP contribution in [0.3, 0.4) is 0 Å². The first-order chi connectivity index (χ1) is 12.5. The van der Waals surface area contributed by atoms with Crippen molar-refractivity contribution in [1.29, 1.82) is 0 Å². The van der Waals surface area contributed by atoms with Gasteiger partial charge in [0.15, 0.2) is 11.5 Å². The third-order valence-electron chi connectivity index (χ3n) is 3.92. The minimum Gasteiger partial charge on any atom is -0.486 e. The van der Waals surface area contributed by atoms with E-state index in [1.807, 2.05) is 0 Å². The Bertz CT molecular complexity index is 975. The van der Waals surface area contributed by atoms with E-state index in [2.05, 4.69) is 10.0 Å². The molecule has 0 aromatic heterocycles. The molecule has 1 amide bonds. The van der Waals surface area contributed by atoms with Gasteiger partial charge in [-0.05, 0) is 30.3 Å². The molecule has 9 heteroatoms. The molecule has 4 rings (SSSR count). The van der Waals surface area contributed by atoms with Crippen molar-refractivity contribution in [2.75, 3.05) is 29.0 Å². The molecule has 0 aliphatic carbocycles. The number of thioether (sulfide) groups is 1. The number of nitrogens with one attached hydrogen (secondary N) is 2. The third-order valence-corrected chi connectivity index (χ3v) is 6.37. The Hall–Kier alpha value is -2.39. The lowest BCUT2D eigenvalue weighted by molar-refractivity contribution is -0.115. The molecule has 0 saturated heterocycles. The summed E-state index contributed by atoms with van der Waals surface area (Å²) in [6.45, 7) is 0.891. The molecule has 7 nitrogen and oxygen atoms in total. The van der Waals surface area contributed by atoms with Crippen molar-refractivity contribution in [3.63, 3.8) is 0 Å². The van der Waals surface area contributed by atoms with Crippen LogP contribution in [0.15, 0.2) is 46.2 Å². The Morgan fingerprint density at radius 3 is 2.69 bits per heavy atom. The Morgan fingerprint density at radius 1 is 1.04 bits per heavy atom. The summed E-state index contributed by atoms with van der Waals surface area (Å²) in [6.07, 6.45) is 0.400. The van der Waals surface area contributed by atoms with E-state index in [-0.39, 0.29) is 10.8 Å². The third kappa shape index (κ3) is 3.45. The second-order valence-electron chi connectivity index (χ2n) is 5.77. The number of benzene rings is 2. The van der Waals surface area contributed by atoms with Gasteiger partial charge >= 0.3 is 0 Å². The summed E-state index contributed by atoms with van der Waals surface area (Å²) < 4.78 is 38.9. The molecule has 136 valence electrons. The van der Waals surface area contributed by atoms with E-state index in [1.165, 1.54) is 23.9 Å². The Balaban J connectivity index is 1.62. The molecule has 0 saturated carbocycles. The SMILES string of the molecule is O=C1CCSc2ccc(S(=O)(=O)Nc3ccc4c(c3)OCCO4)cc2N1. The summed E-state index contributed by atoms with van der Waals surface area (Å²) in [6, 6.07) is 9.60. The summed E-state index contributed by atoms with van der Waals surface area (Å²) in [4.78, 5) is 12.7. The zero-order valence-corrected chi connectivity index (χ0v) is 15.3. The van der Waals surface area contributed by atoms with Crippen LogP contribution in [0.25, 0.3) is 0 Å². The number of carbonyl (C=O) groups excluding carboxylic acids is 1. The largest absolute Gasteiger partial charge is 0.486 e. The number of hydrogen-bond acceptors (Lipinski definition) is 6. The summed E-state index contributed by atoms with van der Waals surface area (Å²) in [5, 5.41) is 2.75. The molecule has 2 aromatic rings. The fraction of sp³-hybridized carbons (Fsp3) is 0.235. The number of fused-ring (bicyclic) bond motifs is 2. The van der Waals surface area contributed by atoms with Crippen molar-refractivity contribution in [1.82, 2.24) is 0 Å². The van der Waals surface area contributed by atoms with Crippen molar-refractivity contribution in [2.45, 2.75) is 16.2 Å². The smallest absolute Gasteiger partial charge is 0.261 e. The van der Waals surface area contributed by atoms with E-state index >= 15 is 0 Å². The molecule has 2 N–H and O–H groups in total. The molecule has 2 heterocycles. The van der Waals surface area contributed by atoms with Crippen LogP contribution in [0.2, 0.25) is 0 Å². The van der Waals surface area contributed by atoms with Gasteiger partial charge in [-0.15, -0.1) is 11.8 Å². The fourth-order valence-corrected chi connectivity index (χ4v) is 4.70. The maximum atomic E-state index is 12.7. The molecule has 2 aliphatic rings. The van der Waals surface area contributed by atoms with Gasteiger partial charge in [0.2, 0.25) is 5.91 Å². The maximum absolute atomic E-state index is 12.7. The van der Waals surface area contributed by atoms with Crippen LogP contribution in [0, 0.1) is 0 Å². The predicted octanol–water partition coefficient (Wildman–Crippen LogP) is 2.69. The van der Waals surface area contributed by atoms with Gasteiger partial charge in [-0.3, -0.25) is 9.52 Å². The van der Waals surface area contributed by atoms with Gasteiger partial charge in [0.25, 0.3) is 10.0 Å². The lowest BCUT2D eigenvalue weighted by Crippen LogP contribution is -2.17. The Morgan fingerprint density at radius 2 is 1.85 bits per heavy atom. The zero-order chi connectivity index (χ0) is 18.1. The highest BCUT2D eigenvalue weighted by Gasteiger charge is 2.20. The molecule has 0 bridgehead atoms. The first-order valence-electron chi connectivity index (χ1n) is 8.00. The van der Waals surface area contributed by atoms with Gasteiger partial charge in [0.05, 0.1) is 16.3 Å². The van der Waals surface area contributed by atoms with Crippen LogP contribution in [-0.4, -0.2) is 33.3 Å². The van der Waals surface area contributed by atoms with Crippen LogP contribution in [0.5, 0.6) is 11.5 Å². The number of anilines is 2. The summed E-state index contributed by atoms with van der Waals surface area (Å²) >= 11 is 1.52. The first-order valence-corrected chi connectivity index (χ1v) is 10.5. The number of hydrogen-bond donors (Lipinski definition) is 2. The predicted molar refractivity (Wildman–Crippen MR) is 98.7 cm³/mol. The molecule has 2 aromatic carbocycles. The number of ether oxygens (including phenoxy) is 2. The Kier molecular flexibility index (Phi) is 4.41. The lowest BCUT2D eigenvalue weighted by atomic mass is 10.3. The van der Waals surface area contributed by atoms with Crippen LogP contribution < -0.4 is 19.5 Å². The van der Waals surface area contributed by atoms with Crippen LogP contribution in [0.1, 0.15) is 6.42 Å². The van der Waals surface area contributed by atoms with Crippen LogP contribution in [-0.2, 0) is 14.8 Å². The highest BCUT2D eigenvalue weighted by Crippen LogP contribution is 2.35. The molecular weight excluding hydrogens is 376 g/mol. The second kappa shape index (κ2) is 6.73. The van der Waals surface area contributed by atoms with Gasteiger partial charge in [-0.1, -0.05) is 0 Å². The van der Waals surface area contributed by atoms with Crippen molar-refractivity contribution < 1.29 is 22.7 Å².